The number of hydrogen-bond donors (Lipinski definition) is 1. The molecule has 1 amide bonds. The predicted molar refractivity (Wildman–Crippen MR) is 88.3 cm³/mol. The van der Waals surface area contributed by atoms with Gasteiger partial charge in [0.15, 0.2) is 0 Å². The average Bonchev–Trinajstić information content (AvgIpc) is 2.48. The fraction of sp³-hybridized carbons (Fsp3) is 0.941. The smallest absolute Gasteiger partial charge is 0.236 e. The molecule has 4 unspecified atom stereocenters. The molecule has 0 bridgehead atoms. The number of methoxy groups -OCH3 is 1. The third-order valence-electron chi connectivity index (χ3n) is 5.18. The van der Waals surface area contributed by atoms with E-state index in [0.29, 0.717) is 39.1 Å². The molecule has 0 radical (unpaired) electrons. The fourth-order valence-electron chi connectivity index (χ4n) is 3.71. The number of amides is 1. The summed E-state index contributed by atoms with van der Waals surface area (Å²) < 4.78 is 10.8. The van der Waals surface area contributed by atoms with Crippen LogP contribution in [0.25, 0.3) is 0 Å². The van der Waals surface area contributed by atoms with Crippen molar-refractivity contribution in [1.82, 2.24) is 9.80 Å². The molecule has 6 nitrogen and oxygen atoms in total. The van der Waals surface area contributed by atoms with Gasteiger partial charge in [0.05, 0.1) is 24.4 Å². The van der Waals surface area contributed by atoms with E-state index >= 15 is 0 Å². The van der Waals surface area contributed by atoms with Gasteiger partial charge in [-0.15, -0.1) is 0 Å². The molecule has 2 heterocycles. The van der Waals surface area contributed by atoms with Gasteiger partial charge < -0.3 is 19.5 Å². The highest BCUT2D eigenvalue weighted by Crippen LogP contribution is 2.30. The molecule has 23 heavy (non-hydrogen) atoms. The van der Waals surface area contributed by atoms with Crippen LogP contribution in [0.2, 0.25) is 0 Å². The lowest BCUT2D eigenvalue weighted by atomic mass is 9.80. The highest BCUT2D eigenvalue weighted by molar-refractivity contribution is 5.78. The van der Waals surface area contributed by atoms with Crippen LogP contribution in [-0.4, -0.2) is 85.1 Å². The molecule has 0 aromatic carbocycles. The monoisotopic (exact) mass is 328 g/mol. The molecule has 0 spiro atoms. The quantitative estimate of drug-likeness (QED) is 0.806. The van der Waals surface area contributed by atoms with Gasteiger partial charge in [-0.2, -0.15) is 0 Å². The van der Waals surface area contributed by atoms with Crippen molar-refractivity contribution in [3.05, 3.63) is 0 Å². The topological polar surface area (TPSA) is 62.2 Å². The van der Waals surface area contributed by atoms with Crippen molar-refractivity contribution < 1.29 is 19.4 Å². The van der Waals surface area contributed by atoms with E-state index in [-0.39, 0.29) is 24.0 Å². The lowest BCUT2D eigenvalue weighted by molar-refractivity contribution is -0.146. The van der Waals surface area contributed by atoms with E-state index in [1.807, 2.05) is 18.7 Å². The maximum Gasteiger partial charge on any atom is 0.236 e. The molecule has 2 saturated heterocycles. The Bertz CT molecular complexity index is 396. The molecular weight excluding hydrogens is 296 g/mol. The highest BCUT2D eigenvalue weighted by Gasteiger charge is 2.39. The first-order valence-electron chi connectivity index (χ1n) is 8.71. The van der Waals surface area contributed by atoms with E-state index < -0.39 is 5.60 Å². The van der Waals surface area contributed by atoms with Crippen LogP contribution < -0.4 is 0 Å². The minimum absolute atomic E-state index is 0.0992. The molecule has 4 atom stereocenters. The normalized spacial score (nSPS) is 36.2. The van der Waals surface area contributed by atoms with Crippen LogP contribution in [0.5, 0.6) is 0 Å². The van der Waals surface area contributed by atoms with E-state index in [1.165, 1.54) is 0 Å². The zero-order valence-corrected chi connectivity index (χ0v) is 15.0. The Hall–Kier alpha value is -0.690. The second-order valence-electron chi connectivity index (χ2n) is 7.29. The van der Waals surface area contributed by atoms with Gasteiger partial charge in [0.25, 0.3) is 0 Å². The van der Waals surface area contributed by atoms with Gasteiger partial charge in [0.1, 0.15) is 0 Å². The first-order valence-corrected chi connectivity index (χ1v) is 8.71. The van der Waals surface area contributed by atoms with Crippen molar-refractivity contribution in [2.45, 2.75) is 51.4 Å². The van der Waals surface area contributed by atoms with Crippen LogP contribution in [0.3, 0.4) is 0 Å². The molecule has 0 aliphatic carbocycles. The molecule has 2 fully saturated rings. The molecule has 2 aliphatic heterocycles. The van der Waals surface area contributed by atoms with Crippen molar-refractivity contribution >= 4 is 5.91 Å². The number of carbonyl (C=O) groups is 1. The Kier molecular flexibility index (Phi) is 6.42. The lowest BCUT2D eigenvalue weighted by Crippen LogP contribution is -2.55. The lowest BCUT2D eigenvalue weighted by Gasteiger charge is -2.44. The molecule has 0 saturated carbocycles. The summed E-state index contributed by atoms with van der Waals surface area (Å²) in [6.45, 7) is 9.93. The van der Waals surface area contributed by atoms with Crippen LogP contribution in [0.1, 0.15) is 33.6 Å². The van der Waals surface area contributed by atoms with Crippen LogP contribution in [0.4, 0.5) is 0 Å². The summed E-state index contributed by atoms with van der Waals surface area (Å²) in [5, 5.41) is 10.7. The number of likely N-dealkylation sites (tertiary alicyclic amines) is 1. The van der Waals surface area contributed by atoms with Crippen molar-refractivity contribution in [3.8, 4) is 0 Å². The molecular formula is C17H32N2O4. The van der Waals surface area contributed by atoms with E-state index in [9.17, 15) is 9.90 Å². The molecule has 2 rings (SSSR count). The second kappa shape index (κ2) is 7.92. The summed E-state index contributed by atoms with van der Waals surface area (Å²) >= 11 is 0. The SMILES string of the molecule is COCCC1(O)CCN(CC(=O)N2CC(C)OC(C)C2)CC1C. The second-order valence-corrected chi connectivity index (χ2v) is 7.29. The number of piperidine rings is 1. The summed E-state index contributed by atoms with van der Waals surface area (Å²) in [7, 11) is 1.66. The number of ether oxygens (including phenoxy) is 2. The van der Waals surface area contributed by atoms with Crippen molar-refractivity contribution in [3.63, 3.8) is 0 Å². The van der Waals surface area contributed by atoms with Gasteiger partial charge in [-0.1, -0.05) is 6.92 Å². The first-order chi connectivity index (χ1) is 10.8. The standard InChI is InChI=1S/C17H32N2O4/c1-13-9-18(7-5-17(13,21)6-8-22-4)12-16(20)19-10-14(2)23-15(3)11-19/h13-15,21H,5-12H2,1-4H3. The summed E-state index contributed by atoms with van der Waals surface area (Å²) in [6, 6.07) is 0. The van der Waals surface area contributed by atoms with Gasteiger partial charge in [0, 0.05) is 39.9 Å². The minimum atomic E-state index is -0.669. The number of nitrogens with zero attached hydrogens (tertiary/aromatic N) is 2. The number of morpholine rings is 1. The Morgan fingerprint density at radius 1 is 1.26 bits per heavy atom. The summed E-state index contributed by atoms with van der Waals surface area (Å²) in [6.07, 6.45) is 1.55. The first kappa shape index (κ1) is 18.6. The maximum absolute atomic E-state index is 12.5. The van der Waals surface area contributed by atoms with E-state index in [1.54, 1.807) is 7.11 Å². The van der Waals surface area contributed by atoms with Gasteiger partial charge >= 0.3 is 0 Å². The zero-order valence-electron chi connectivity index (χ0n) is 15.0. The van der Waals surface area contributed by atoms with Gasteiger partial charge in [0.2, 0.25) is 5.91 Å². The zero-order chi connectivity index (χ0) is 17.0. The maximum atomic E-state index is 12.5. The third-order valence-corrected chi connectivity index (χ3v) is 5.18. The van der Waals surface area contributed by atoms with Crippen molar-refractivity contribution in [1.29, 1.82) is 0 Å². The Balaban J connectivity index is 1.84. The summed E-state index contributed by atoms with van der Waals surface area (Å²) in [4.78, 5) is 16.6. The fourth-order valence-corrected chi connectivity index (χ4v) is 3.71. The molecule has 134 valence electrons. The Morgan fingerprint density at radius 3 is 2.48 bits per heavy atom. The third kappa shape index (κ3) is 4.89. The summed E-state index contributed by atoms with van der Waals surface area (Å²) in [5.41, 5.74) is -0.669. The predicted octanol–water partition coefficient (Wildman–Crippen LogP) is 0.732. The number of rotatable bonds is 5. The molecule has 0 aromatic rings. The highest BCUT2D eigenvalue weighted by atomic mass is 16.5. The number of carbonyl (C=O) groups excluding carboxylic acids is 1. The van der Waals surface area contributed by atoms with E-state index in [0.717, 1.165) is 13.1 Å². The largest absolute Gasteiger partial charge is 0.389 e. The van der Waals surface area contributed by atoms with Gasteiger partial charge in [-0.3, -0.25) is 9.69 Å². The Morgan fingerprint density at radius 2 is 1.91 bits per heavy atom. The minimum Gasteiger partial charge on any atom is -0.389 e. The summed E-state index contributed by atoms with van der Waals surface area (Å²) in [5.74, 6) is 0.309. The van der Waals surface area contributed by atoms with E-state index in [4.69, 9.17) is 9.47 Å². The Labute approximate surface area is 139 Å². The van der Waals surface area contributed by atoms with Crippen molar-refractivity contribution in [2.24, 2.45) is 5.92 Å². The van der Waals surface area contributed by atoms with Gasteiger partial charge in [-0.05, 0) is 32.6 Å². The molecule has 6 heteroatoms. The van der Waals surface area contributed by atoms with Crippen molar-refractivity contribution in [2.75, 3.05) is 46.4 Å². The molecule has 1 N–H and O–H groups in total. The van der Waals surface area contributed by atoms with Gasteiger partial charge in [-0.25, -0.2) is 0 Å². The van der Waals surface area contributed by atoms with E-state index in [2.05, 4.69) is 11.8 Å². The van der Waals surface area contributed by atoms with Crippen LogP contribution in [0.15, 0.2) is 0 Å². The molecule has 2 aliphatic rings. The van der Waals surface area contributed by atoms with Crippen LogP contribution >= 0.6 is 0 Å². The van der Waals surface area contributed by atoms with Crippen LogP contribution in [-0.2, 0) is 14.3 Å². The average molecular weight is 328 g/mol. The molecule has 0 aromatic heterocycles. The van der Waals surface area contributed by atoms with Crippen LogP contribution in [0, 0.1) is 5.92 Å². The number of aliphatic hydroxyl groups is 1. The number of hydrogen-bond acceptors (Lipinski definition) is 5.